The molecule has 96 valence electrons. The normalized spacial score (nSPS) is 21.6. The number of unbranched alkanes of at least 4 members (excludes halogenated alkanes) is 3. The van der Waals surface area contributed by atoms with Crippen molar-refractivity contribution in [3.63, 3.8) is 0 Å². The summed E-state index contributed by atoms with van der Waals surface area (Å²) in [5, 5.41) is 0. The van der Waals surface area contributed by atoms with Crippen LogP contribution in [0.5, 0.6) is 0 Å². The molecule has 0 aromatic carbocycles. The van der Waals surface area contributed by atoms with Crippen molar-refractivity contribution in [1.82, 2.24) is 0 Å². The van der Waals surface area contributed by atoms with Crippen LogP contribution < -0.4 is 0 Å². The molecule has 0 amide bonds. The fourth-order valence-electron chi connectivity index (χ4n) is 2.07. The molecule has 1 saturated heterocycles. The van der Waals surface area contributed by atoms with E-state index in [2.05, 4.69) is 13.8 Å². The first-order chi connectivity index (χ1) is 7.79. The third-order valence-electron chi connectivity index (χ3n) is 3.12. The van der Waals surface area contributed by atoms with Crippen LogP contribution in [0.1, 0.15) is 65.2 Å². The first-order valence-electron chi connectivity index (χ1n) is 7.02. The summed E-state index contributed by atoms with van der Waals surface area (Å²) >= 11 is 0. The Morgan fingerprint density at radius 2 is 1.94 bits per heavy atom. The minimum Gasteiger partial charge on any atom is -0.353 e. The van der Waals surface area contributed by atoms with Crippen LogP contribution in [0.25, 0.3) is 0 Å². The van der Waals surface area contributed by atoms with Gasteiger partial charge in [-0.25, -0.2) is 0 Å². The Bertz CT molecular complexity index is 151. The molecular formula is C14H28O2. The van der Waals surface area contributed by atoms with Crippen molar-refractivity contribution in [1.29, 1.82) is 0 Å². The Kier molecular flexibility index (Phi) is 7.87. The Balaban J connectivity index is 1.80. The highest BCUT2D eigenvalue weighted by Gasteiger charge is 2.13. The standard InChI is InChI=1S/C14H28O2/c1-13(2)9-5-3-4-7-11-15-14-10-6-8-12-16-14/h13-14H,3-12H2,1-2H3. The molecule has 0 radical (unpaired) electrons. The maximum absolute atomic E-state index is 5.69. The van der Waals surface area contributed by atoms with Crippen molar-refractivity contribution in [2.75, 3.05) is 13.2 Å². The largest absolute Gasteiger partial charge is 0.353 e. The summed E-state index contributed by atoms with van der Waals surface area (Å²) in [7, 11) is 0. The van der Waals surface area contributed by atoms with Gasteiger partial charge in [0.05, 0.1) is 0 Å². The van der Waals surface area contributed by atoms with Crippen molar-refractivity contribution in [2.45, 2.75) is 71.5 Å². The SMILES string of the molecule is CC(C)CCCCCCOC1CCCCO1. The van der Waals surface area contributed by atoms with Crippen molar-refractivity contribution < 1.29 is 9.47 Å². The first kappa shape index (κ1) is 14.0. The van der Waals surface area contributed by atoms with Gasteiger partial charge in [0.15, 0.2) is 6.29 Å². The molecular weight excluding hydrogens is 200 g/mol. The average Bonchev–Trinajstić information content (AvgIpc) is 2.29. The topological polar surface area (TPSA) is 18.5 Å². The van der Waals surface area contributed by atoms with Crippen molar-refractivity contribution >= 4 is 0 Å². The molecule has 1 aliphatic rings. The van der Waals surface area contributed by atoms with E-state index in [0.717, 1.165) is 25.6 Å². The molecule has 0 bridgehead atoms. The van der Waals surface area contributed by atoms with Gasteiger partial charge in [-0.3, -0.25) is 0 Å². The van der Waals surface area contributed by atoms with Crippen LogP contribution >= 0.6 is 0 Å². The van der Waals surface area contributed by atoms with E-state index >= 15 is 0 Å². The molecule has 1 atom stereocenters. The van der Waals surface area contributed by atoms with Gasteiger partial charge >= 0.3 is 0 Å². The van der Waals surface area contributed by atoms with Gasteiger partial charge in [-0.05, 0) is 31.6 Å². The minimum atomic E-state index is 0.101. The lowest BCUT2D eigenvalue weighted by Crippen LogP contribution is -2.22. The zero-order chi connectivity index (χ0) is 11.6. The fourth-order valence-corrected chi connectivity index (χ4v) is 2.07. The number of hydrogen-bond acceptors (Lipinski definition) is 2. The molecule has 0 aromatic heterocycles. The van der Waals surface area contributed by atoms with Crippen LogP contribution in [0.3, 0.4) is 0 Å². The summed E-state index contributed by atoms with van der Waals surface area (Å²) in [6, 6.07) is 0. The van der Waals surface area contributed by atoms with Gasteiger partial charge in [-0.15, -0.1) is 0 Å². The average molecular weight is 228 g/mol. The molecule has 0 N–H and O–H groups in total. The zero-order valence-corrected chi connectivity index (χ0v) is 11.0. The predicted octanol–water partition coefficient (Wildman–Crippen LogP) is 4.14. The van der Waals surface area contributed by atoms with Gasteiger partial charge in [0, 0.05) is 13.2 Å². The highest BCUT2D eigenvalue weighted by Crippen LogP contribution is 2.14. The van der Waals surface area contributed by atoms with Crippen molar-refractivity contribution in [3.05, 3.63) is 0 Å². The molecule has 1 heterocycles. The monoisotopic (exact) mass is 228 g/mol. The van der Waals surface area contributed by atoms with Gasteiger partial charge in [-0.1, -0.05) is 39.5 Å². The summed E-state index contributed by atoms with van der Waals surface area (Å²) in [4.78, 5) is 0. The van der Waals surface area contributed by atoms with E-state index in [0.29, 0.717) is 0 Å². The minimum absolute atomic E-state index is 0.101. The number of ether oxygens (including phenoxy) is 2. The molecule has 0 saturated carbocycles. The highest BCUT2D eigenvalue weighted by atomic mass is 16.7. The molecule has 2 nitrogen and oxygen atoms in total. The van der Waals surface area contributed by atoms with E-state index in [-0.39, 0.29) is 6.29 Å². The molecule has 2 heteroatoms. The Hall–Kier alpha value is -0.0800. The quantitative estimate of drug-likeness (QED) is 0.581. The van der Waals surface area contributed by atoms with Crippen LogP contribution in [-0.2, 0) is 9.47 Å². The third kappa shape index (κ3) is 7.24. The zero-order valence-electron chi connectivity index (χ0n) is 11.0. The van der Waals surface area contributed by atoms with Crippen molar-refractivity contribution in [2.24, 2.45) is 5.92 Å². The molecule has 0 spiro atoms. The van der Waals surface area contributed by atoms with E-state index < -0.39 is 0 Å². The van der Waals surface area contributed by atoms with E-state index in [1.165, 1.54) is 44.9 Å². The lowest BCUT2D eigenvalue weighted by Gasteiger charge is -2.22. The second-order valence-electron chi connectivity index (χ2n) is 5.26. The summed E-state index contributed by atoms with van der Waals surface area (Å²) in [5.74, 6) is 0.854. The molecule has 1 fully saturated rings. The molecule has 1 unspecified atom stereocenters. The fraction of sp³-hybridized carbons (Fsp3) is 1.00. The van der Waals surface area contributed by atoms with E-state index in [9.17, 15) is 0 Å². The first-order valence-corrected chi connectivity index (χ1v) is 7.02. The van der Waals surface area contributed by atoms with Crippen LogP contribution in [0.2, 0.25) is 0 Å². The predicted molar refractivity (Wildman–Crippen MR) is 67.5 cm³/mol. The summed E-state index contributed by atoms with van der Waals surface area (Å²) in [6.45, 7) is 6.36. The maximum atomic E-state index is 5.69. The molecule has 0 aromatic rings. The summed E-state index contributed by atoms with van der Waals surface area (Å²) in [5.41, 5.74) is 0. The molecule has 0 aliphatic carbocycles. The van der Waals surface area contributed by atoms with Crippen LogP contribution in [0, 0.1) is 5.92 Å². The Labute approximate surface area is 101 Å². The summed E-state index contributed by atoms with van der Waals surface area (Å²) in [6.07, 6.45) is 10.3. The highest BCUT2D eigenvalue weighted by molar-refractivity contribution is 4.54. The smallest absolute Gasteiger partial charge is 0.157 e. The third-order valence-corrected chi connectivity index (χ3v) is 3.12. The molecule has 16 heavy (non-hydrogen) atoms. The van der Waals surface area contributed by atoms with Gasteiger partial charge < -0.3 is 9.47 Å². The summed E-state index contributed by atoms with van der Waals surface area (Å²) < 4.78 is 11.2. The van der Waals surface area contributed by atoms with Gasteiger partial charge in [-0.2, -0.15) is 0 Å². The van der Waals surface area contributed by atoms with Gasteiger partial charge in [0.25, 0.3) is 0 Å². The van der Waals surface area contributed by atoms with Gasteiger partial charge in [0.2, 0.25) is 0 Å². The maximum Gasteiger partial charge on any atom is 0.157 e. The number of rotatable bonds is 8. The second-order valence-corrected chi connectivity index (χ2v) is 5.26. The van der Waals surface area contributed by atoms with Crippen LogP contribution in [-0.4, -0.2) is 19.5 Å². The molecule has 1 rings (SSSR count). The van der Waals surface area contributed by atoms with E-state index in [1.807, 2.05) is 0 Å². The lowest BCUT2D eigenvalue weighted by atomic mass is 10.0. The van der Waals surface area contributed by atoms with E-state index in [4.69, 9.17) is 9.47 Å². The molecule has 1 aliphatic heterocycles. The van der Waals surface area contributed by atoms with Crippen molar-refractivity contribution in [3.8, 4) is 0 Å². The lowest BCUT2D eigenvalue weighted by molar-refractivity contribution is -0.162. The van der Waals surface area contributed by atoms with Gasteiger partial charge in [0.1, 0.15) is 0 Å². The van der Waals surface area contributed by atoms with Crippen LogP contribution in [0.15, 0.2) is 0 Å². The van der Waals surface area contributed by atoms with Crippen LogP contribution in [0.4, 0.5) is 0 Å². The number of hydrogen-bond donors (Lipinski definition) is 0. The Morgan fingerprint density at radius 1 is 1.12 bits per heavy atom. The van der Waals surface area contributed by atoms with E-state index in [1.54, 1.807) is 0 Å². The second kappa shape index (κ2) is 9.00. The Morgan fingerprint density at radius 3 is 2.62 bits per heavy atom.